The summed E-state index contributed by atoms with van der Waals surface area (Å²) in [5.74, 6) is 1.42. The molecule has 1 rings (SSSR count). The van der Waals surface area contributed by atoms with Gasteiger partial charge < -0.3 is 9.47 Å². The molecule has 0 spiro atoms. The maximum absolute atomic E-state index is 6.14. The Morgan fingerprint density at radius 2 is 1.76 bits per heavy atom. The van der Waals surface area contributed by atoms with E-state index in [4.69, 9.17) is 29.4 Å². The second-order valence-electron chi connectivity index (χ2n) is 4.55. The van der Waals surface area contributed by atoms with E-state index >= 15 is 0 Å². The molecule has 0 bridgehead atoms. The largest absolute Gasteiger partial charge is 0.490 e. The summed E-state index contributed by atoms with van der Waals surface area (Å²) in [5, 5.41) is 0.386. The Balaban J connectivity index is 3.40. The topological polar surface area (TPSA) is 62.7 Å². The van der Waals surface area contributed by atoms with E-state index in [1.807, 2.05) is 0 Å². The van der Waals surface area contributed by atoms with Gasteiger partial charge in [0.15, 0.2) is 5.75 Å². The van der Waals surface area contributed by atoms with Crippen molar-refractivity contribution in [1.82, 2.24) is 9.97 Å². The molecular weight excluding hydrogens is 316 g/mol. The zero-order chi connectivity index (χ0) is 16.0. The molecule has 0 radical (unpaired) electrons. The molecular formula is C13H23ClN2O4S. The molecule has 0 fully saturated rings. The van der Waals surface area contributed by atoms with Gasteiger partial charge in [0.25, 0.3) is 5.88 Å². The van der Waals surface area contributed by atoms with Crippen molar-refractivity contribution in [3.63, 3.8) is 0 Å². The number of halogens is 1. The van der Waals surface area contributed by atoms with Gasteiger partial charge in [0, 0.05) is 5.88 Å². The molecule has 0 aromatic carbocycles. The summed E-state index contributed by atoms with van der Waals surface area (Å²) in [6.07, 6.45) is 1.55. The number of nitrogens with zero attached hydrogens (tertiary/aromatic N) is 2. The highest BCUT2D eigenvalue weighted by Gasteiger charge is 2.37. The Bertz CT molecular complexity index is 458. The van der Waals surface area contributed by atoms with Crippen molar-refractivity contribution >= 4 is 22.2 Å². The molecule has 0 N–H and O–H groups in total. The third-order valence-corrected chi connectivity index (χ3v) is 6.88. The lowest BCUT2D eigenvalue weighted by molar-refractivity contribution is 0.314. The number of rotatable bonds is 8. The molecule has 0 saturated carbocycles. The van der Waals surface area contributed by atoms with Crippen LogP contribution >= 0.6 is 22.2 Å². The van der Waals surface area contributed by atoms with Crippen LogP contribution in [0.2, 0.25) is 0 Å². The summed E-state index contributed by atoms with van der Waals surface area (Å²) in [4.78, 5) is 8.73. The van der Waals surface area contributed by atoms with Crippen LogP contribution in [0.3, 0.4) is 0 Å². The third-order valence-electron chi connectivity index (χ3n) is 3.16. The highest BCUT2D eigenvalue weighted by atomic mass is 35.5. The normalized spacial score (nSPS) is 14.1. The lowest BCUT2D eigenvalue weighted by Crippen LogP contribution is -2.29. The Morgan fingerprint density at radius 3 is 2.14 bits per heavy atom. The molecule has 0 aliphatic carbocycles. The summed E-state index contributed by atoms with van der Waals surface area (Å²) < 4.78 is 21.8. The van der Waals surface area contributed by atoms with Crippen LogP contribution in [0.25, 0.3) is 0 Å². The van der Waals surface area contributed by atoms with Crippen molar-refractivity contribution in [3.05, 3.63) is 6.20 Å². The van der Waals surface area contributed by atoms with E-state index in [1.54, 1.807) is 20.4 Å². The Labute approximate surface area is 132 Å². The van der Waals surface area contributed by atoms with E-state index in [2.05, 4.69) is 23.8 Å². The van der Waals surface area contributed by atoms with Crippen LogP contribution in [0.5, 0.6) is 11.6 Å². The standard InChI is InChI=1S/C13H23ClN2O4S/c1-9(2)11(7-14)21(19-5,20-6)13-15-8-10(17-3)12(16-13)18-4/h8-9,11H,7H2,1-6H3. The smallest absolute Gasteiger partial charge is 0.261 e. The first kappa shape index (κ1) is 18.3. The van der Waals surface area contributed by atoms with Crippen LogP contribution in [0, 0.1) is 5.92 Å². The minimum Gasteiger partial charge on any atom is -0.490 e. The Morgan fingerprint density at radius 1 is 1.14 bits per heavy atom. The van der Waals surface area contributed by atoms with Gasteiger partial charge in [-0.05, 0) is 5.92 Å². The lowest BCUT2D eigenvalue weighted by atomic mass is 10.1. The van der Waals surface area contributed by atoms with Gasteiger partial charge in [-0.2, -0.15) is 4.98 Å². The van der Waals surface area contributed by atoms with E-state index in [0.29, 0.717) is 22.7 Å². The quantitative estimate of drug-likeness (QED) is 0.536. The average molecular weight is 339 g/mol. The van der Waals surface area contributed by atoms with Crippen molar-refractivity contribution in [3.8, 4) is 11.6 Å². The molecule has 0 aliphatic rings. The summed E-state index contributed by atoms with van der Waals surface area (Å²) in [5.41, 5.74) is 0. The molecule has 8 heteroatoms. The first-order valence-corrected chi connectivity index (χ1v) is 8.53. The first-order chi connectivity index (χ1) is 10.00. The molecule has 122 valence electrons. The fourth-order valence-corrected chi connectivity index (χ4v) is 5.33. The minimum atomic E-state index is -2.19. The summed E-state index contributed by atoms with van der Waals surface area (Å²) in [7, 11) is 4.03. The summed E-state index contributed by atoms with van der Waals surface area (Å²) >= 11 is 6.14. The Hall–Kier alpha value is -0.760. The van der Waals surface area contributed by atoms with Gasteiger partial charge in [0.2, 0.25) is 5.16 Å². The van der Waals surface area contributed by atoms with Crippen LogP contribution in [0.4, 0.5) is 0 Å². The van der Waals surface area contributed by atoms with Gasteiger partial charge in [-0.1, -0.05) is 13.8 Å². The molecule has 1 aromatic heterocycles. The number of hydrogen-bond donors (Lipinski definition) is 0. The summed E-state index contributed by atoms with van der Waals surface area (Å²) in [6.45, 7) is 4.13. The highest BCUT2D eigenvalue weighted by molar-refractivity contribution is 8.26. The van der Waals surface area contributed by atoms with E-state index in [0.717, 1.165) is 0 Å². The number of methoxy groups -OCH3 is 2. The summed E-state index contributed by atoms with van der Waals surface area (Å²) in [6, 6.07) is 0. The van der Waals surface area contributed by atoms with E-state index in [1.165, 1.54) is 14.2 Å². The van der Waals surface area contributed by atoms with Crippen molar-refractivity contribution in [1.29, 1.82) is 0 Å². The number of alkyl halides is 1. The molecule has 0 amide bonds. The molecule has 1 heterocycles. The molecule has 1 aromatic rings. The fourth-order valence-electron chi connectivity index (χ4n) is 1.98. The van der Waals surface area contributed by atoms with Crippen molar-refractivity contribution < 1.29 is 17.8 Å². The van der Waals surface area contributed by atoms with Crippen LogP contribution in [-0.2, 0) is 8.37 Å². The van der Waals surface area contributed by atoms with Gasteiger partial charge in [-0.25, -0.2) is 4.98 Å². The molecule has 0 aliphatic heterocycles. The first-order valence-electron chi connectivity index (χ1n) is 6.45. The molecule has 0 saturated heterocycles. The molecule has 1 unspecified atom stereocenters. The number of ether oxygens (including phenoxy) is 2. The van der Waals surface area contributed by atoms with Crippen molar-refractivity contribution in [2.75, 3.05) is 34.3 Å². The minimum absolute atomic E-state index is 0.0488. The van der Waals surface area contributed by atoms with E-state index in [9.17, 15) is 0 Å². The van der Waals surface area contributed by atoms with Gasteiger partial charge in [-0.3, -0.25) is 8.37 Å². The van der Waals surface area contributed by atoms with Crippen molar-refractivity contribution in [2.24, 2.45) is 5.92 Å². The average Bonchev–Trinajstić information content (AvgIpc) is 2.51. The molecule has 21 heavy (non-hydrogen) atoms. The van der Waals surface area contributed by atoms with Gasteiger partial charge >= 0.3 is 0 Å². The van der Waals surface area contributed by atoms with E-state index < -0.39 is 10.6 Å². The van der Waals surface area contributed by atoms with Crippen LogP contribution in [-0.4, -0.2) is 49.5 Å². The second-order valence-corrected chi connectivity index (χ2v) is 7.58. The second kappa shape index (κ2) is 8.03. The monoisotopic (exact) mass is 338 g/mol. The Kier molecular flexibility index (Phi) is 6.99. The maximum atomic E-state index is 6.14. The van der Waals surface area contributed by atoms with Gasteiger partial charge in [0.05, 0.1) is 39.9 Å². The third kappa shape index (κ3) is 3.53. The van der Waals surface area contributed by atoms with Gasteiger partial charge in [0.1, 0.15) is 0 Å². The van der Waals surface area contributed by atoms with Crippen molar-refractivity contribution in [2.45, 2.75) is 24.3 Å². The predicted octanol–water partition coefficient (Wildman–Crippen LogP) is 3.04. The lowest BCUT2D eigenvalue weighted by Gasteiger charge is -2.46. The zero-order valence-electron chi connectivity index (χ0n) is 13.3. The number of aromatic nitrogens is 2. The van der Waals surface area contributed by atoms with Crippen LogP contribution in [0.1, 0.15) is 13.8 Å². The number of hydrogen-bond acceptors (Lipinski definition) is 6. The zero-order valence-corrected chi connectivity index (χ0v) is 14.8. The predicted molar refractivity (Wildman–Crippen MR) is 84.4 cm³/mol. The SMILES string of the molecule is COc1cnc(S(OC)(OC)C(CCl)C(C)C)nc1OC. The fraction of sp³-hybridized carbons (Fsp3) is 0.692. The molecule has 1 atom stereocenters. The van der Waals surface area contributed by atoms with Crippen LogP contribution < -0.4 is 9.47 Å². The maximum Gasteiger partial charge on any atom is 0.261 e. The van der Waals surface area contributed by atoms with E-state index in [-0.39, 0.29) is 11.2 Å². The highest BCUT2D eigenvalue weighted by Crippen LogP contribution is 2.61. The van der Waals surface area contributed by atoms with Crippen LogP contribution in [0.15, 0.2) is 11.4 Å². The van der Waals surface area contributed by atoms with Gasteiger partial charge in [-0.15, -0.1) is 22.2 Å². The molecule has 6 nitrogen and oxygen atoms in total.